The van der Waals surface area contributed by atoms with Crippen molar-refractivity contribution < 1.29 is 32.9 Å². The average Bonchev–Trinajstić information content (AvgIpc) is 3.49. The number of carbonyl (C=O) groups excluding carboxylic acids is 1. The van der Waals surface area contributed by atoms with Gasteiger partial charge in [0.05, 0.1) is 39.9 Å². The molecule has 0 aliphatic rings. The molecule has 0 heterocycles. The maximum absolute atomic E-state index is 13.1. The molecule has 0 aromatic carbocycles. The zero-order valence-corrected chi connectivity index (χ0v) is 58.5. The van der Waals surface area contributed by atoms with Gasteiger partial charge in [-0.2, -0.15) is 0 Å². The van der Waals surface area contributed by atoms with Crippen LogP contribution in [0.4, 0.5) is 0 Å². The summed E-state index contributed by atoms with van der Waals surface area (Å²) in [5.74, 6) is -0.158. The van der Waals surface area contributed by atoms with Crippen LogP contribution < -0.4 is 10.2 Å². The molecule has 502 valence electrons. The van der Waals surface area contributed by atoms with E-state index in [1.54, 1.807) is 0 Å². The summed E-state index contributed by atoms with van der Waals surface area (Å²) in [6.07, 6.45) is 90.7. The topological polar surface area (TPSA) is 108 Å². The molecule has 0 bridgehead atoms. The van der Waals surface area contributed by atoms with E-state index in [9.17, 15) is 19.4 Å². The second-order valence-electron chi connectivity index (χ2n) is 27.0. The van der Waals surface area contributed by atoms with Crippen LogP contribution in [0.3, 0.4) is 0 Å². The Hall–Kier alpha value is -1.54. The van der Waals surface area contributed by atoms with Gasteiger partial charge in [-0.1, -0.05) is 371 Å². The van der Waals surface area contributed by atoms with Crippen molar-refractivity contribution in [3.8, 4) is 0 Å². The molecule has 0 aromatic heterocycles. The minimum Gasteiger partial charge on any atom is -0.756 e. The number of rotatable bonds is 70. The van der Waals surface area contributed by atoms with Gasteiger partial charge in [0.15, 0.2) is 0 Å². The summed E-state index contributed by atoms with van der Waals surface area (Å²) in [6.45, 7) is 4.67. The van der Waals surface area contributed by atoms with Crippen LogP contribution in [0, 0.1) is 0 Å². The normalized spacial score (nSPS) is 13.8. The predicted molar refractivity (Wildman–Crippen MR) is 371 cm³/mol. The number of hydrogen-bond donors (Lipinski definition) is 2. The Balaban J connectivity index is 3.96. The van der Waals surface area contributed by atoms with Crippen molar-refractivity contribution in [1.29, 1.82) is 0 Å². The summed E-state index contributed by atoms with van der Waals surface area (Å²) in [5, 5.41) is 14.1. The number of aliphatic hydroxyl groups excluding tert-OH is 1. The fraction of sp³-hybridized carbons (Fsp3) is 0.882. The fourth-order valence-corrected chi connectivity index (χ4v) is 12.3. The number of phosphoric acid groups is 1. The SMILES string of the molecule is CC/C=C\C/C=C\C/C=C\C/C=C\CCCCCCCCCCCCCCCCCCCCC(=O)NC(COP(=O)([O-])OCC[N+](C)(C)C)C(O)CCCCCCCCCCCCCCCCCCCCCCCCCCCCCCCCCC. The van der Waals surface area contributed by atoms with E-state index in [-0.39, 0.29) is 19.1 Å². The standard InChI is InChI=1S/C76H147N2O6P/c1-6-8-10-12-14-16-18-20-22-24-26-28-30-32-34-36-38-40-41-43-45-47-49-51-53-55-57-59-61-63-65-67-69-75(79)74(73-84-85(81,82)83-72-71-78(3,4)5)77-76(80)70-68-66-64-62-60-58-56-54-52-50-48-46-44-42-39-37-35-33-31-29-27-25-23-21-19-17-15-13-11-9-7-2/h9,11,15,17,21,23,27,29,74-75,79H,6-8,10,12-14,16,18-20,22,24-26,28,30-73H2,1-5H3,(H-,77,80,81,82)/b11-9-,17-15-,23-21-,29-27-. The van der Waals surface area contributed by atoms with Crippen LogP contribution in [0.15, 0.2) is 48.6 Å². The summed E-state index contributed by atoms with van der Waals surface area (Å²) in [4.78, 5) is 25.7. The van der Waals surface area contributed by atoms with Gasteiger partial charge in [0.2, 0.25) is 5.91 Å². The Kier molecular flexibility index (Phi) is 65.7. The molecule has 0 aliphatic carbocycles. The summed E-state index contributed by atoms with van der Waals surface area (Å²) in [5.41, 5.74) is 0. The number of likely N-dealkylation sites (N-methyl/N-ethyl adjacent to an activating group) is 1. The number of allylic oxidation sites excluding steroid dienone is 8. The summed E-state index contributed by atoms with van der Waals surface area (Å²) in [7, 11) is 1.32. The molecule has 0 rings (SSSR count). The first kappa shape index (κ1) is 83.5. The van der Waals surface area contributed by atoms with Gasteiger partial charge in [0, 0.05) is 6.42 Å². The van der Waals surface area contributed by atoms with Gasteiger partial charge in [-0.05, 0) is 51.4 Å². The molecule has 0 aliphatic heterocycles. The van der Waals surface area contributed by atoms with E-state index >= 15 is 0 Å². The van der Waals surface area contributed by atoms with Gasteiger partial charge in [-0.15, -0.1) is 0 Å². The molecule has 1 amide bonds. The molecular formula is C76H147N2O6P. The van der Waals surface area contributed by atoms with Gasteiger partial charge in [-0.3, -0.25) is 9.36 Å². The maximum Gasteiger partial charge on any atom is 0.268 e. The smallest absolute Gasteiger partial charge is 0.268 e. The molecule has 3 atom stereocenters. The summed E-state index contributed by atoms with van der Waals surface area (Å²) in [6, 6.07) is -0.803. The zero-order chi connectivity index (χ0) is 61.9. The minimum absolute atomic E-state index is 0.0136. The van der Waals surface area contributed by atoms with Crippen LogP contribution in [-0.2, 0) is 18.4 Å². The second kappa shape index (κ2) is 66.9. The van der Waals surface area contributed by atoms with Crippen LogP contribution in [-0.4, -0.2) is 68.5 Å². The number of carbonyl (C=O) groups is 1. The van der Waals surface area contributed by atoms with Crippen LogP contribution in [0.25, 0.3) is 0 Å². The van der Waals surface area contributed by atoms with E-state index in [1.165, 1.54) is 289 Å². The lowest BCUT2D eigenvalue weighted by molar-refractivity contribution is -0.870. The Morgan fingerprint density at radius 2 is 0.718 bits per heavy atom. The third-order valence-electron chi connectivity index (χ3n) is 17.3. The highest BCUT2D eigenvalue weighted by Crippen LogP contribution is 2.38. The lowest BCUT2D eigenvalue weighted by Gasteiger charge is -2.30. The third-order valence-corrected chi connectivity index (χ3v) is 18.3. The molecule has 0 saturated carbocycles. The highest BCUT2D eigenvalue weighted by Gasteiger charge is 2.24. The van der Waals surface area contributed by atoms with Gasteiger partial charge in [0.1, 0.15) is 13.2 Å². The van der Waals surface area contributed by atoms with Crippen molar-refractivity contribution in [1.82, 2.24) is 5.32 Å². The van der Waals surface area contributed by atoms with Crippen LogP contribution in [0.1, 0.15) is 380 Å². The number of unbranched alkanes of at least 4 members (excludes halogenated alkanes) is 49. The van der Waals surface area contributed by atoms with Gasteiger partial charge >= 0.3 is 0 Å². The third kappa shape index (κ3) is 69.8. The van der Waals surface area contributed by atoms with E-state index in [0.29, 0.717) is 23.9 Å². The monoisotopic (exact) mass is 1220 g/mol. The van der Waals surface area contributed by atoms with E-state index in [4.69, 9.17) is 9.05 Å². The van der Waals surface area contributed by atoms with E-state index in [2.05, 4.69) is 67.8 Å². The van der Waals surface area contributed by atoms with Crippen LogP contribution in [0.5, 0.6) is 0 Å². The summed E-state index contributed by atoms with van der Waals surface area (Å²) >= 11 is 0. The molecule has 0 saturated heterocycles. The average molecular weight is 1220 g/mol. The molecule has 0 radical (unpaired) electrons. The van der Waals surface area contributed by atoms with Gasteiger partial charge in [0.25, 0.3) is 7.82 Å². The summed E-state index contributed by atoms with van der Waals surface area (Å²) < 4.78 is 23.6. The van der Waals surface area contributed by atoms with Crippen molar-refractivity contribution in [3.63, 3.8) is 0 Å². The fourth-order valence-electron chi connectivity index (χ4n) is 11.6. The quantitative estimate of drug-likeness (QED) is 0.0272. The number of phosphoric ester groups is 1. The molecule has 8 nitrogen and oxygen atoms in total. The molecule has 2 N–H and O–H groups in total. The van der Waals surface area contributed by atoms with Crippen molar-refractivity contribution in [2.75, 3.05) is 40.9 Å². The first-order valence-electron chi connectivity index (χ1n) is 37.5. The zero-order valence-electron chi connectivity index (χ0n) is 57.6. The number of hydrogen-bond acceptors (Lipinski definition) is 6. The van der Waals surface area contributed by atoms with E-state index in [1.807, 2.05) is 21.1 Å². The molecule has 0 fully saturated rings. The van der Waals surface area contributed by atoms with Crippen molar-refractivity contribution >= 4 is 13.7 Å². The molecule has 9 heteroatoms. The van der Waals surface area contributed by atoms with Gasteiger partial charge < -0.3 is 28.8 Å². The lowest BCUT2D eigenvalue weighted by Crippen LogP contribution is -2.46. The second-order valence-corrected chi connectivity index (χ2v) is 28.4. The molecule has 3 unspecified atom stereocenters. The molecule has 85 heavy (non-hydrogen) atoms. The number of quaternary nitrogens is 1. The van der Waals surface area contributed by atoms with E-state index in [0.717, 1.165) is 64.2 Å². The minimum atomic E-state index is -4.58. The number of nitrogens with one attached hydrogen (secondary N) is 1. The van der Waals surface area contributed by atoms with Crippen molar-refractivity contribution in [2.24, 2.45) is 0 Å². The Morgan fingerprint density at radius 1 is 0.424 bits per heavy atom. The Labute approximate surface area is 530 Å². The Bertz CT molecular complexity index is 1530. The first-order valence-corrected chi connectivity index (χ1v) is 38.9. The number of nitrogens with zero attached hydrogens (tertiary/aromatic N) is 1. The highest BCUT2D eigenvalue weighted by atomic mass is 31.2. The van der Waals surface area contributed by atoms with E-state index < -0.39 is 20.0 Å². The first-order chi connectivity index (χ1) is 41.5. The number of amides is 1. The van der Waals surface area contributed by atoms with Gasteiger partial charge in [-0.25, -0.2) is 0 Å². The molecular weight excluding hydrogens is 1070 g/mol. The van der Waals surface area contributed by atoms with Crippen LogP contribution >= 0.6 is 7.82 Å². The molecule has 0 aromatic rings. The maximum atomic E-state index is 13.1. The van der Waals surface area contributed by atoms with Crippen molar-refractivity contribution in [2.45, 2.75) is 392 Å². The van der Waals surface area contributed by atoms with Crippen molar-refractivity contribution in [3.05, 3.63) is 48.6 Å². The molecule has 0 spiro atoms. The predicted octanol–water partition coefficient (Wildman–Crippen LogP) is 23.5. The Morgan fingerprint density at radius 3 is 1.05 bits per heavy atom. The largest absolute Gasteiger partial charge is 0.756 e. The lowest BCUT2D eigenvalue weighted by atomic mass is 10.0. The highest BCUT2D eigenvalue weighted by molar-refractivity contribution is 7.45. The number of aliphatic hydroxyl groups is 1. The van der Waals surface area contributed by atoms with Crippen LogP contribution in [0.2, 0.25) is 0 Å².